The van der Waals surface area contributed by atoms with E-state index in [-0.39, 0.29) is 11.8 Å². The molecule has 5 nitrogen and oxygen atoms in total. The molecule has 1 amide bonds. The van der Waals surface area contributed by atoms with Crippen molar-refractivity contribution in [1.82, 2.24) is 14.8 Å². The number of ether oxygens (including phenoxy) is 1. The molecule has 0 saturated carbocycles. The van der Waals surface area contributed by atoms with Crippen LogP contribution >= 0.6 is 0 Å². The Kier molecular flexibility index (Phi) is 7.38. The maximum atomic E-state index is 13.6. The molecule has 0 bridgehead atoms. The summed E-state index contributed by atoms with van der Waals surface area (Å²) in [5.41, 5.74) is 4.71. The number of hydrogen-bond acceptors (Lipinski definition) is 3. The van der Waals surface area contributed by atoms with E-state index in [1.165, 1.54) is 16.5 Å². The van der Waals surface area contributed by atoms with Crippen LogP contribution in [0.3, 0.4) is 0 Å². The Morgan fingerprint density at radius 3 is 2.42 bits per heavy atom. The SMILES string of the molecule is CCc1cccc2c(C(CC(=O)N3CCN(CC)CC3)c3cccc(Oc4ccccc4)c3)c[nH]c12. The average molecular weight is 482 g/mol. The number of H-pyrrole nitrogens is 1. The summed E-state index contributed by atoms with van der Waals surface area (Å²) in [5.74, 6) is 1.73. The van der Waals surface area contributed by atoms with Crippen LogP contribution in [0.4, 0.5) is 0 Å². The molecule has 186 valence electrons. The van der Waals surface area contributed by atoms with E-state index in [0.29, 0.717) is 6.42 Å². The number of para-hydroxylation sites is 2. The first-order chi connectivity index (χ1) is 17.7. The number of benzene rings is 3. The van der Waals surface area contributed by atoms with E-state index < -0.39 is 0 Å². The van der Waals surface area contributed by atoms with Crippen LogP contribution in [0.2, 0.25) is 0 Å². The van der Waals surface area contributed by atoms with Gasteiger partial charge in [0, 0.05) is 55.6 Å². The van der Waals surface area contributed by atoms with Crippen molar-refractivity contribution >= 4 is 16.8 Å². The van der Waals surface area contributed by atoms with Gasteiger partial charge in [-0.05, 0) is 53.9 Å². The molecule has 0 aliphatic carbocycles. The summed E-state index contributed by atoms with van der Waals surface area (Å²) >= 11 is 0. The Labute approximate surface area is 213 Å². The zero-order valence-corrected chi connectivity index (χ0v) is 21.2. The number of nitrogens with one attached hydrogen (secondary N) is 1. The van der Waals surface area contributed by atoms with Crippen LogP contribution in [-0.2, 0) is 11.2 Å². The first-order valence-electron chi connectivity index (χ1n) is 13.1. The van der Waals surface area contributed by atoms with E-state index in [4.69, 9.17) is 4.74 Å². The predicted octanol–water partition coefficient (Wildman–Crippen LogP) is 6.21. The Morgan fingerprint density at radius 2 is 1.67 bits per heavy atom. The molecule has 3 aromatic carbocycles. The van der Waals surface area contributed by atoms with Crippen LogP contribution in [0.5, 0.6) is 11.5 Å². The van der Waals surface area contributed by atoms with Crippen LogP contribution in [0.1, 0.15) is 42.9 Å². The Balaban J connectivity index is 1.48. The number of fused-ring (bicyclic) bond motifs is 1. The maximum Gasteiger partial charge on any atom is 0.223 e. The number of likely N-dealkylation sites (N-methyl/N-ethyl adjacent to an activating group) is 1. The standard InChI is InChI=1S/C31H35N3O2/c1-3-23-10-9-15-27-29(22-32-31(23)27)28(21-30(35)34-18-16-33(4-2)17-19-34)24-11-8-14-26(20-24)36-25-12-6-5-7-13-25/h5-15,20,22,28,32H,3-4,16-19,21H2,1-2H3. The molecule has 0 radical (unpaired) electrons. The third kappa shape index (κ3) is 5.17. The van der Waals surface area contributed by atoms with E-state index >= 15 is 0 Å². The van der Waals surface area contributed by atoms with Gasteiger partial charge in [0.05, 0.1) is 0 Å². The number of hydrogen-bond donors (Lipinski definition) is 1. The number of nitrogens with zero attached hydrogens (tertiary/aromatic N) is 2. The molecule has 1 fully saturated rings. The second kappa shape index (κ2) is 11.0. The van der Waals surface area contributed by atoms with Gasteiger partial charge in [-0.2, -0.15) is 0 Å². The monoisotopic (exact) mass is 481 g/mol. The Hall–Kier alpha value is -3.57. The minimum Gasteiger partial charge on any atom is -0.457 e. The van der Waals surface area contributed by atoms with Crippen molar-refractivity contribution in [3.63, 3.8) is 0 Å². The minimum atomic E-state index is -0.0677. The molecule has 1 N–H and O–H groups in total. The van der Waals surface area contributed by atoms with Crippen LogP contribution < -0.4 is 4.74 Å². The predicted molar refractivity (Wildman–Crippen MR) is 146 cm³/mol. The van der Waals surface area contributed by atoms with E-state index in [1.807, 2.05) is 47.4 Å². The molecule has 36 heavy (non-hydrogen) atoms. The van der Waals surface area contributed by atoms with Gasteiger partial charge < -0.3 is 19.5 Å². The molecule has 1 atom stereocenters. The number of aromatic nitrogens is 1. The van der Waals surface area contributed by atoms with E-state index in [0.717, 1.165) is 61.8 Å². The van der Waals surface area contributed by atoms with Gasteiger partial charge in [0.15, 0.2) is 0 Å². The van der Waals surface area contributed by atoms with Gasteiger partial charge in [-0.25, -0.2) is 0 Å². The summed E-state index contributed by atoms with van der Waals surface area (Å²) in [6.45, 7) is 8.87. The minimum absolute atomic E-state index is 0.0677. The summed E-state index contributed by atoms with van der Waals surface area (Å²) in [7, 11) is 0. The van der Waals surface area contributed by atoms with Crippen molar-refractivity contribution in [3.8, 4) is 11.5 Å². The lowest BCUT2D eigenvalue weighted by atomic mass is 9.87. The van der Waals surface area contributed by atoms with Gasteiger partial charge in [0.1, 0.15) is 11.5 Å². The van der Waals surface area contributed by atoms with Crippen molar-refractivity contribution in [2.24, 2.45) is 0 Å². The molecule has 0 spiro atoms. The smallest absolute Gasteiger partial charge is 0.223 e. The van der Waals surface area contributed by atoms with Crippen molar-refractivity contribution in [2.75, 3.05) is 32.7 Å². The fraction of sp³-hybridized carbons (Fsp3) is 0.323. The highest BCUT2D eigenvalue weighted by atomic mass is 16.5. The lowest BCUT2D eigenvalue weighted by molar-refractivity contribution is -0.133. The number of rotatable bonds is 8. The fourth-order valence-electron chi connectivity index (χ4n) is 5.27. The van der Waals surface area contributed by atoms with Crippen molar-refractivity contribution in [1.29, 1.82) is 0 Å². The zero-order valence-electron chi connectivity index (χ0n) is 21.2. The van der Waals surface area contributed by atoms with Crippen molar-refractivity contribution in [2.45, 2.75) is 32.6 Å². The second-order valence-electron chi connectivity index (χ2n) is 9.50. The van der Waals surface area contributed by atoms with Crippen LogP contribution in [-0.4, -0.2) is 53.4 Å². The lowest BCUT2D eigenvalue weighted by Gasteiger charge is -2.35. The van der Waals surface area contributed by atoms with Crippen molar-refractivity contribution < 1.29 is 9.53 Å². The zero-order chi connectivity index (χ0) is 24.9. The van der Waals surface area contributed by atoms with Gasteiger partial charge >= 0.3 is 0 Å². The highest BCUT2D eigenvalue weighted by Gasteiger charge is 2.27. The molecule has 1 aromatic heterocycles. The van der Waals surface area contributed by atoms with E-state index in [2.05, 4.69) is 60.3 Å². The molecule has 2 heterocycles. The summed E-state index contributed by atoms with van der Waals surface area (Å²) in [4.78, 5) is 21.5. The van der Waals surface area contributed by atoms with E-state index in [9.17, 15) is 4.79 Å². The molecule has 5 heteroatoms. The first-order valence-corrected chi connectivity index (χ1v) is 13.1. The Morgan fingerprint density at radius 1 is 0.917 bits per heavy atom. The van der Waals surface area contributed by atoms with Crippen LogP contribution in [0.15, 0.2) is 79.0 Å². The molecule has 1 unspecified atom stereocenters. The highest BCUT2D eigenvalue weighted by Crippen LogP contribution is 2.37. The fourth-order valence-corrected chi connectivity index (χ4v) is 5.27. The number of carbonyl (C=O) groups is 1. The van der Waals surface area contributed by atoms with Gasteiger partial charge in [-0.1, -0.05) is 62.4 Å². The quantitative estimate of drug-likeness (QED) is 0.326. The van der Waals surface area contributed by atoms with Gasteiger partial charge in [-0.3, -0.25) is 4.79 Å². The Bertz CT molecular complexity index is 1310. The molecule has 1 aliphatic rings. The number of aromatic amines is 1. The topological polar surface area (TPSA) is 48.6 Å². The number of piperazine rings is 1. The van der Waals surface area contributed by atoms with Crippen molar-refractivity contribution in [3.05, 3.63) is 95.7 Å². The largest absolute Gasteiger partial charge is 0.457 e. The highest BCUT2D eigenvalue weighted by molar-refractivity contribution is 5.88. The molecule has 1 saturated heterocycles. The average Bonchev–Trinajstić information content (AvgIpc) is 3.36. The van der Waals surface area contributed by atoms with Gasteiger partial charge in [0.2, 0.25) is 5.91 Å². The summed E-state index contributed by atoms with van der Waals surface area (Å²) in [6.07, 6.45) is 3.49. The van der Waals surface area contributed by atoms with Gasteiger partial charge in [0.25, 0.3) is 0 Å². The number of carbonyl (C=O) groups excluding carboxylic acids is 1. The number of aryl methyl sites for hydroxylation is 1. The third-order valence-electron chi connectivity index (χ3n) is 7.38. The lowest BCUT2D eigenvalue weighted by Crippen LogP contribution is -2.48. The maximum absolute atomic E-state index is 13.6. The first kappa shape index (κ1) is 24.1. The van der Waals surface area contributed by atoms with Crippen LogP contribution in [0.25, 0.3) is 10.9 Å². The second-order valence-corrected chi connectivity index (χ2v) is 9.50. The summed E-state index contributed by atoms with van der Waals surface area (Å²) < 4.78 is 6.15. The molecule has 1 aliphatic heterocycles. The van der Waals surface area contributed by atoms with Gasteiger partial charge in [-0.15, -0.1) is 0 Å². The summed E-state index contributed by atoms with van der Waals surface area (Å²) in [5, 5.41) is 1.19. The third-order valence-corrected chi connectivity index (χ3v) is 7.38. The van der Waals surface area contributed by atoms with Crippen LogP contribution in [0, 0.1) is 0 Å². The normalized spacial score (nSPS) is 15.2. The molecular formula is C31H35N3O2. The summed E-state index contributed by atoms with van der Waals surface area (Å²) in [6, 6.07) is 24.5. The number of amides is 1. The van der Waals surface area contributed by atoms with E-state index in [1.54, 1.807) is 0 Å². The molecule has 4 aromatic rings. The molecular weight excluding hydrogens is 446 g/mol. The molecule has 5 rings (SSSR count).